The predicted octanol–water partition coefficient (Wildman–Crippen LogP) is 2.12. The van der Waals surface area contributed by atoms with E-state index in [4.69, 9.17) is 4.42 Å². The highest BCUT2D eigenvalue weighted by molar-refractivity contribution is 5.07. The zero-order valence-corrected chi connectivity index (χ0v) is 7.08. The van der Waals surface area contributed by atoms with Crippen LogP contribution in [0.2, 0.25) is 0 Å². The van der Waals surface area contributed by atoms with Gasteiger partial charge in [0, 0.05) is 12.8 Å². The fourth-order valence-corrected chi connectivity index (χ4v) is 0.875. The molecule has 1 rings (SSSR count). The van der Waals surface area contributed by atoms with Crippen LogP contribution in [0.25, 0.3) is 0 Å². The highest BCUT2D eigenvalue weighted by Gasteiger charge is 2.07. The molecular weight excluding hydrogens is 152 g/mol. The number of aliphatic hydroxyl groups is 1. The largest absolute Gasteiger partial charge is 0.467 e. The van der Waals surface area contributed by atoms with Crippen LogP contribution in [0.4, 0.5) is 0 Å². The summed E-state index contributed by atoms with van der Waals surface area (Å²) in [6.45, 7) is 1.98. The van der Waals surface area contributed by atoms with Gasteiger partial charge in [-0.15, -0.1) is 11.8 Å². The number of hydrogen-bond acceptors (Lipinski definition) is 2. The molecule has 1 aromatic heterocycles. The lowest BCUT2D eigenvalue weighted by molar-refractivity contribution is 0.155. The summed E-state index contributed by atoms with van der Waals surface area (Å²) < 4.78 is 5.01. The van der Waals surface area contributed by atoms with Crippen LogP contribution in [-0.4, -0.2) is 5.11 Å². The van der Waals surface area contributed by atoms with E-state index >= 15 is 0 Å². The number of aliphatic hydroxyl groups excluding tert-OH is 1. The van der Waals surface area contributed by atoms with Crippen LogP contribution in [0.5, 0.6) is 0 Å². The standard InChI is InChI=1S/C10H12O2/c1-2-3-4-6-9(11)10-7-5-8-12-10/h5,7-9,11H,2,6H2,1H3. The second kappa shape index (κ2) is 4.63. The SMILES string of the molecule is CCC#CCC(O)c1ccco1. The Balaban J connectivity index is 2.44. The molecule has 12 heavy (non-hydrogen) atoms. The molecule has 0 fully saturated rings. The summed E-state index contributed by atoms with van der Waals surface area (Å²) in [5.41, 5.74) is 0. The molecule has 0 saturated carbocycles. The maximum Gasteiger partial charge on any atom is 0.133 e. The fraction of sp³-hybridized carbons (Fsp3) is 0.400. The van der Waals surface area contributed by atoms with Crippen molar-refractivity contribution in [1.29, 1.82) is 0 Å². The molecule has 0 aliphatic carbocycles. The van der Waals surface area contributed by atoms with Gasteiger partial charge in [0.05, 0.1) is 6.26 Å². The van der Waals surface area contributed by atoms with Crippen LogP contribution >= 0.6 is 0 Å². The second-order valence-electron chi connectivity index (χ2n) is 2.44. The normalized spacial score (nSPS) is 11.8. The van der Waals surface area contributed by atoms with E-state index in [1.807, 2.05) is 6.92 Å². The summed E-state index contributed by atoms with van der Waals surface area (Å²) >= 11 is 0. The van der Waals surface area contributed by atoms with Crippen LogP contribution in [0.3, 0.4) is 0 Å². The van der Waals surface area contributed by atoms with Crippen molar-refractivity contribution in [3.05, 3.63) is 24.2 Å². The molecule has 2 nitrogen and oxygen atoms in total. The molecule has 64 valence electrons. The van der Waals surface area contributed by atoms with Gasteiger partial charge in [0.25, 0.3) is 0 Å². The molecule has 0 aliphatic heterocycles. The minimum absolute atomic E-state index is 0.446. The first kappa shape index (κ1) is 8.89. The van der Waals surface area contributed by atoms with Crippen molar-refractivity contribution in [2.45, 2.75) is 25.9 Å². The summed E-state index contributed by atoms with van der Waals surface area (Å²) in [7, 11) is 0. The Morgan fingerprint density at radius 3 is 3.00 bits per heavy atom. The summed E-state index contributed by atoms with van der Waals surface area (Å²) in [6, 6.07) is 3.50. The van der Waals surface area contributed by atoms with E-state index in [0.717, 1.165) is 6.42 Å². The average Bonchev–Trinajstić information content (AvgIpc) is 2.56. The van der Waals surface area contributed by atoms with E-state index in [1.165, 1.54) is 0 Å². The molecule has 1 unspecified atom stereocenters. The van der Waals surface area contributed by atoms with E-state index in [-0.39, 0.29) is 0 Å². The van der Waals surface area contributed by atoms with Gasteiger partial charge in [-0.3, -0.25) is 0 Å². The highest BCUT2D eigenvalue weighted by atomic mass is 16.4. The lowest BCUT2D eigenvalue weighted by atomic mass is 10.2. The average molecular weight is 164 g/mol. The third-order valence-corrected chi connectivity index (χ3v) is 1.47. The Hall–Kier alpha value is -1.20. The lowest BCUT2D eigenvalue weighted by Crippen LogP contribution is -1.92. The van der Waals surface area contributed by atoms with Crippen molar-refractivity contribution < 1.29 is 9.52 Å². The third-order valence-electron chi connectivity index (χ3n) is 1.47. The smallest absolute Gasteiger partial charge is 0.133 e. The Bertz CT molecular complexity index is 264. The summed E-state index contributed by atoms with van der Waals surface area (Å²) in [6.07, 6.45) is 2.23. The molecule has 0 aliphatic rings. The van der Waals surface area contributed by atoms with Crippen LogP contribution < -0.4 is 0 Å². The van der Waals surface area contributed by atoms with Crippen LogP contribution in [-0.2, 0) is 0 Å². The lowest BCUT2D eigenvalue weighted by Gasteiger charge is -2.00. The van der Waals surface area contributed by atoms with Crippen LogP contribution in [0.15, 0.2) is 22.8 Å². The molecule has 0 aromatic carbocycles. The van der Waals surface area contributed by atoms with E-state index in [9.17, 15) is 5.11 Å². The third kappa shape index (κ3) is 2.44. The molecule has 0 radical (unpaired) electrons. The van der Waals surface area contributed by atoms with Gasteiger partial charge in [0.2, 0.25) is 0 Å². The molecular formula is C10H12O2. The Labute approximate surface area is 72.2 Å². The molecule has 1 aromatic rings. The number of hydrogen-bond donors (Lipinski definition) is 1. The molecule has 2 heteroatoms. The Kier molecular flexibility index (Phi) is 3.43. The van der Waals surface area contributed by atoms with Crippen LogP contribution in [0.1, 0.15) is 31.6 Å². The summed E-state index contributed by atoms with van der Waals surface area (Å²) in [5.74, 6) is 6.34. The molecule has 1 heterocycles. The van der Waals surface area contributed by atoms with Crippen molar-refractivity contribution in [3.8, 4) is 11.8 Å². The van der Waals surface area contributed by atoms with Gasteiger partial charge < -0.3 is 9.52 Å². The van der Waals surface area contributed by atoms with Crippen molar-refractivity contribution in [2.24, 2.45) is 0 Å². The van der Waals surface area contributed by atoms with E-state index in [1.54, 1.807) is 18.4 Å². The van der Waals surface area contributed by atoms with Gasteiger partial charge in [0.1, 0.15) is 11.9 Å². The minimum Gasteiger partial charge on any atom is -0.467 e. The first-order chi connectivity index (χ1) is 5.84. The monoisotopic (exact) mass is 164 g/mol. The first-order valence-corrected chi connectivity index (χ1v) is 4.01. The predicted molar refractivity (Wildman–Crippen MR) is 46.4 cm³/mol. The molecule has 1 atom stereocenters. The zero-order valence-electron chi connectivity index (χ0n) is 7.08. The van der Waals surface area contributed by atoms with E-state index in [0.29, 0.717) is 12.2 Å². The Morgan fingerprint density at radius 1 is 1.58 bits per heavy atom. The van der Waals surface area contributed by atoms with Crippen molar-refractivity contribution in [2.75, 3.05) is 0 Å². The molecule has 0 spiro atoms. The van der Waals surface area contributed by atoms with Gasteiger partial charge in [-0.1, -0.05) is 6.92 Å². The van der Waals surface area contributed by atoms with Crippen molar-refractivity contribution >= 4 is 0 Å². The van der Waals surface area contributed by atoms with Gasteiger partial charge >= 0.3 is 0 Å². The highest BCUT2D eigenvalue weighted by Crippen LogP contribution is 2.15. The van der Waals surface area contributed by atoms with Crippen molar-refractivity contribution in [1.82, 2.24) is 0 Å². The maximum atomic E-state index is 9.44. The topological polar surface area (TPSA) is 33.4 Å². The summed E-state index contributed by atoms with van der Waals surface area (Å²) in [4.78, 5) is 0. The van der Waals surface area contributed by atoms with Gasteiger partial charge in [0.15, 0.2) is 0 Å². The van der Waals surface area contributed by atoms with Gasteiger partial charge in [-0.05, 0) is 12.1 Å². The van der Waals surface area contributed by atoms with Gasteiger partial charge in [-0.25, -0.2) is 0 Å². The zero-order chi connectivity index (χ0) is 8.81. The molecule has 0 saturated heterocycles. The molecule has 0 amide bonds. The first-order valence-electron chi connectivity index (χ1n) is 4.01. The second-order valence-corrected chi connectivity index (χ2v) is 2.44. The number of rotatable bonds is 2. The minimum atomic E-state index is -0.584. The van der Waals surface area contributed by atoms with E-state index in [2.05, 4.69) is 11.8 Å². The molecule has 0 bridgehead atoms. The Morgan fingerprint density at radius 2 is 2.42 bits per heavy atom. The maximum absolute atomic E-state index is 9.44. The quantitative estimate of drug-likeness (QED) is 0.679. The van der Waals surface area contributed by atoms with E-state index < -0.39 is 6.10 Å². The fourth-order valence-electron chi connectivity index (χ4n) is 0.875. The molecule has 1 N–H and O–H groups in total. The summed E-state index contributed by atoms with van der Waals surface area (Å²) in [5, 5.41) is 9.44. The van der Waals surface area contributed by atoms with Gasteiger partial charge in [-0.2, -0.15) is 0 Å². The number of furan rings is 1. The van der Waals surface area contributed by atoms with Crippen molar-refractivity contribution in [3.63, 3.8) is 0 Å². The van der Waals surface area contributed by atoms with Crippen LogP contribution in [0, 0.1) is 11.8 Å².